The predicted octanol–water partition coefficient (Wildman–Crippen LogP) is 1.33. The normalized spacial score (nSPS) is 30.2. The second kappa shape index (κ2) is 9.49. The summed E-state index contributed by atoms with van der Waals surface area (Å²) in [4.78, 5) is 38.9. The second-order valence-corrected chi connectivity index (χ2v) is 10.5. The van der Waals surface area contributed by atoms with Crippen LogP contribution in [0, 0.1) is 11.8 Å². The quantitative estimate of drug-likeness (QED) is 0.256. The molecule has 1 heterocycles. The number of primary amides is 1. The van der Waals surface area contributed by atoms with Crippen molar-refractivity contribution >= 4 is 23.2 Å². The van der Waals surface area contributed by atoms with Crippen LogP contribution >= 0.6 is 0 Å². The number of ether oxygens (including phenoxy) is 1. The number of phenolic OH excluding ortho intramolecular Hbond substituents is 1. The zero-order valence-electron chi connectivity index (χ0n) is 21.3. The third kappa shape index (κ3) is 4.04. The van der Waals surface area contributed by atoms with E-state index >= 15 is 0 Å². The Morgan fingerprint density at radius 3 is 2.55 bits per heavy atom. The van der Waals surface area contributed by atoms with Crippen molar-refractivity contribution in [1.29, 1.82) is 0 Å². The number of phenols is 1. The molecule has 0 bridgehead atoms. The van der Waals surface area contributed by atoms with E-state index in [0.717, 1.165) is 6.07 Å². The molecule has 1 saturated heterocycles. The molecular formula is C26H28F3N3O8. The van der Waals surface area contributed by atoms with E-state index in [2.05, 4.69) is 15.4 Å². The molecule has 1 saturated carbocycles. The summed E-state index contributed by atoms with van der Waals surface area (Å²) in [5.41, 5.74) is 0.359. The summed E-state index contributed by atoms with van der Waals surface area (Å²) in [6, 6.07) is -0.883. The van der Waals surface area contributed by atoms with Gasteiger partial charge in [0.25, 0.3) is 5.91 Å². The third-order valence-electron chi connectivity index (χ3n) is 8.26. The topological polar surface area (TPSA) is 191 Å². The molecule has 0 radical (unpaired) electrons. The van der Waals surface area contributed by atoms with Crippen molar-refractivity contribution in [3.8, 4) is 11.5 Å². The molecule has 1 amide bonds. The number of alkyl halides is 3. The van der Waals surface area contributed by atoms with Gasteiger partial charge in [0.15, 0.2) is 11.4 Å². The summed E-state index contributed by atoms with van der Waals surface area (Å²) >= 11 is 0. The summed E-state index contributed by atoms with van der Waals surface area (Å²) in [6.45, 7) is 2.31. The molecule has 0 aromatic heterocycles. The minimum Gasteiger partial charge on any atom is -0.508 e. The predicted molar refractivity (Wildman–Crippen MR) is 131 cm³/mol. The number of aromatic hydroxyl groups is 1. The van der Waals surface area contributed by atoms with Crippen LogP contribution in [0.1, 0.15) is 48.9 Å². The van der Waals surface area contributed by atoms with Gasteiger partial charge in [-0.25, -0.2) is 0 Å². The van der Waals surface area contributed by atoms with E-state index in [1.165, 1.54) is 0 Å². The molecule has 3 aliphatic carbocycles. The Kier molecular flexibility index (Phi) is 6.63. The number of Topliss-reactive ketones (excluding diaryl/α,β-unsaturated/α-hetero) is 2. The van der Waals surface area contributed by atoms with Gasteiger partial charge in [0.2, 0.25) is 5.78 Å². The summed E-state index contributed by atoms with van der Waals surface area (Å²) < 4.78 is 45.2. The highest BCUT2D eigenvalue weighted by atomic mass is 19.4. The number of halogens is 3. The molecule has 5 atom stereocenters. The Labute approximate surface area is 225 Å². The van der Waals surface area contributed by atoms with Crippen LogP contribution in [0.4, 0.5) is 13.2 Å². The van der Waals surface area contributed by atoms with Crippen molar-refractivity contribution in [2.45, 2.75) is 56.7 Å². The van der Waals surface area contributed by atoms with Crippen LogP contribution in [0.2, 0.25) is 0 Å². The number of nitrogens with two attached hydrogens (primary N) is 1. The first kappa shape index (κ1) is 27.9. The molecule has 40 heavy (non-hydrogen) atoms. The van der Waals surface area contributed by atoms with Crippen LogP contribution in [0.5, 0.6) is 11.5 Å². The summed E-state index contributed by atoms with van der Waals surface area (Å²) in [6.07, 6.45) is -4.57. The molecule has 1 unspecified atom stereocenters. The number of likely N-dealkylation sites (N-methyl/N-ethyl adjacent to an activating group) is 1. The summed E-state index contributed by atoms with van der Waals surface area (Å²) in [5.74, 6) is -9.36. The number of fused-ring (bicyclic) bond motifs is 3. The van der Waals surface area contributed by atoms with Gasteiger partial charge >= 0.3 is 6.36 Å². The number of nitrogens with one attached hydrogen (secondary N) is 2. The second-order valence-electron chi connectivity index (χ2n) is 10.5. The van der Waals surface area contributed by atoms with E-state index < -0.39 is 93.1 Å². The molecule has 5 rings (SSSR count). The molecule has 0 spiro atoms. The van der Waals surface area contributed by atoms with E-state index in [4.69, 9.17) is 5.73 Å². The standard InChI is InChI=1S/C26H28F3N3O8/c1-2-31-18-12-7-9-6-11-16(14(33)8-10(13-4-3-5-32-13)21(11)40-26(27,28)29)19(34)15(9)22(36)25(12,39)23(37)17(20(18)35)24(30)38/h8-9,12-13,18,31-34,37,39H,2-7H2,1H3,(H2,30,38)/t9-,12-,13?,18-,25-/m0/s1. The minimum atomic E-state index is -5.12. The van der Waals surface area contributed by atoms with Gasteiger partial charge in [-0.2, -0.15) is 0 Å². The van der Waals surface area contributed by atoms with E-state index in [0.29, 0.717) is 19.4 Å². The van der Waals surface area contributed by atoms with Crippen LogP contribution in [-0.2, 0) is 20.8 Å². The first-order valence-electron chi connectivity index (χ1n) is 12.8. The van der Waals surface area contributed by atoms with Crippen molar-refractivity contribution in [2.75, 3.05) is 13.1 Å². The van der Waals surface area contributed by atoms with E-state index in [1.54, 1.807) is 6.92 Å². The first-order chi connectivity index (χ1) is 18.7. The molecule has 1 aliphatic heterocycles. The summed E-state index contributed by atoms with van der Waals surface area (Å²) in [5, 5.41) is 50.4. The SMILES string of the molecule is CCN[C@@H]1C(=O)C(C(N)=O)=C(O)[C@@]2(O)C(=O)C3=C(O)c4c(O)cc(C5CCCN5)c(OC(F)(F)F)c4C[C@H]3C[C@@H]12. The maximum absolute atomic E-state index is 13.8. The number of hydrogen-bond acceptors (Lipinski definition) is 10. The zero-order chi connectivity index (χ0) is 29.3. The highest BCUT2D eigenvalue weighted by Gasteiger charge is 2.63. The first-order valence-corrected chi connectivity index (χ1v) is 12.8. The Bertz CT molecular complexity index is 1380. The average Bonchev–Trinajstić information content (AvgIpc) is 3.39. The molecule has 14 heteroatoms. The van der Waals surface area contributed by atoms with Gasteiger partial charge in [0.05, 0.1) is 11.6 Å². The number of hydrogen-bond donors (Lipinski definition) is 7. The van der Waals surface area contributed by atoms with Crippen LogP contribution < -0.4 is 21.1 Å². The van der Waals surface area contributed by atoms with Crippen molar-refractivity contribution < 1.29 is 52.7 Å². The highest BCUT2D eigenvalue weighted by molar-refractivity contribution is 6.24. The van der Waals surface area contributed by atoms with Crippen LogP contribution in [0.15, 0.2) is 23.0 Å². The number of carbonyl (C=O) groups excluding carboxylic acids is 3. The highest BCUT2D eigenvalue weighted by Crippen LogP contribution is 2.54. The average molecular weight is 568 g/mol. The lowest BCUT2D eigenvalue weighted by atomic mass is 9.57. The lowest BCUT2D eigenvalue weighted by Gasteiger charge is -2.49. The molecule has 11 nitrogen and oxygen atoms in total. The Hall–Kier alpha value is -3.62. The van der Waals surface area contributed by atoms with Crippen LogP contribution in [0.3, 0.4) is 0 Å². The van der Waals surface area contributed by atoms with Crippen molar-refractivity contribution in [3.63, 3.8) is 0 Å². The van der Waals surface area contributed by atoms with Crippen LogP contribution in [0.25, 0.3) is 5.76 Å². The maximum atomic E-state index is 13.8. The van der Waals surface area contributed by atoms with E-state index in [1.807, 2.05) is 0 Å². The molecule has 1 aromatic rings. The largest absolute Gasteiger partial charge is 0.573 e. The maximum Gasteiger partial charge on any atom is 0.573 e. The number of aliphatic hydroxyl groups excluding tert-OH is 2. The van der Waals surface area contributed by atoms with Crippen molar-refractivity contribution in [3.05, 3.63) is 39.7 Å². The molecule has 8 N–H and O–H groups in total. The van der Waals surface area contributed by atoms with Gasteiger partial charge in [-0.1, -0.05) is 6.92 Å². The Morgan fingerprint density at radius 2 is 1.98 bits per heavy atom. The van der Waals surface area contributed by atoms with Gasteiger partial charge in [0, 0.05) is 28.7 Å². The molecule has 216 valence electrons. The fourth-order valence-corrected chi connectivity index (χ4v) is 6.65. The number of amides is 1. The lowest BCUT2D eigenvalue weighted by Crippen LogP contribution is -2.66. The third-order valence-corrected chi connectivity index (χ3v) is 8.26. The molecule has 2 fully saturated rings. The fourth-order valence-electron chi connectivity index (χ4n) is 6.65. The van der Waals surface area contributed by atoms with Crippen molar-refractivity contribution in [1.82, 2.24) is 10.6 Å². The number of aliphatic hydroxyl groups is 3. The van der Waals surface area contributed by atoms with Crippen molar-refractivity contribution in [2.24, 2.45) is 17.6 Å². The Morgan fingerprint density at radius 1 is 1.27 bits per heavy atom. The number of benzene rings is 1. The van der Waals surface area contributed by atoms with Gasteiger partial charge in [-0.15, -0.1) is 13.2 Å². The van der Waals surface area contributed by atoms with E-state index in [9.17, 15) is 48.0 Å². The zero-order valence-corrected chi connectivity index (χ0v) is 21.3. The van der Waals surface area contributed by atoms with Gasteiger partial charge < -0.3 is 41.5 Å². The fraction of sp³-hybridized carbons (Fsp3) is 0.500. The number of ketones is 2. The molecule has 1 aromatic carbocycles. The van der Waals surface area contributed by atoms with Crippen LogP contribution in [-0.4, -0.2) is 69.0 Å². The number of rotatable bonds is 5. The molecule has 4 aliphatic rings. The molecular weight excluding hydrogens is 539 g/mol. The Balaban J connectivity index is 1.73. The van der Waals surface area contributed by atoms with Gasteiger partial charge in [-0.3, -0.25) is 14.4 Å². The monoisotopic (exact) mass is 567 g/mol. The van der Waals surface area contributed by atoms with Gasteiger partial charge in [-0.05, 0) is 50.8 Å². The van der Waals surface area contributed by atoms with Gasteiger partial charge in [0.1, 0.15) is 28.6 Å². The summed E-state index contributed by atoms with van der Waals surface area (Å²) in [7, 11) is 0. The smallest absolute Gasteiger partial charge is 0.508 e. The number of carbonyl (C=O) groups is 3. The lowest BCUT2D eigenvalue weighted by molar-refractivity contribution is -0.275. The minimum absolute atomic E-state index is 0.0333. The van der Waals surface area contributed by atoms with E-state index in [-0.39, 0.29) is 30.5 Å².